The first kappa shape index (κ1) is 20.7. The van der Waals surface area contributed by atoms with Gasteiger partial charge in [-0.1, -0.05) is 11.8 Å². The van der Waals surface area contributed by atoms with Crippen molar-refractivity contribution in [3.05, 3.63) is 17.7 Å². The number of rotatable bonds is 5. The first-order chi connectivity index (χ1) is 12.5. The fourth-order valence-corrected chi connectivity index (χ4v) is 1.69. The van der Waals surface area contributed by atoms with Crippen molar-refractivity contribution in [3.63, 3.8) is 0 Å². The minimum atomic E-state index is -0.791. The minimum absolute atomic E-state index is 0.272. The molecule has 0 fully saturated rings. The van der Waals surface area contributed by atoms with Gasteiger partial charge in [0.1, 0.15) is 0 Å². The van der Waals surface area contributed by atoms with Crippen LogP contribution in [-0.4, -0.2) is 59.0 Å². The van der Waals surface area contributed by atoms with Crippen molar-refractivity contribution in [1.29, 1.82) is 0 Å². The van der Waals surface area contributed by atoms with Gasteiger partial charge >= 0.3 is 11.9 Å². The number of hydrogen-bond donors (Lipinski definition) is 0. The van der Waals surface area contributed by atoms with Crippen LogP contribution in [-0.2, 0) is 19.2 Å². The summed E-state index contributed by atoms with van der Waals surface area (Å²) in [6, 6.07) is 3.20. The van der Waals surface area contributed by atoms with Gasteiger partial charge in [0, 0.05) is 24.5 Å². The first-order valence-corrected chi connectivity index (χ1v) is 7.26. The lowest BCUT2D eigenvalue weighted by molar-refractivity contribution is -0.161. The van der Waals surface area contributed by atoms with Gasteiger partial charge in [0.15, 0.2) is 18.1 Å². The van der Waals surface area contributed by atoms with E-state index in [0.29, 0.717) is 22.8 Å². The molecule has 26 heavy (non-hydrogen) atoms. The van der Waals surface area contributed by atoms with Crippen LogP contribution in [0.25, 0.3) is 0 Å². The number of hydrogen-bond acceptors (Lipinski definition) is 7. The van der Waals surface area contributed by atoms with E-state index in [1.807, 2.05) is 0 Å². The molecule has 8 nitrogen and oxygen atoms in total. The lowest BCUT2D eigenvalue weighted by Crippen LogP contribution is -2.23. The molecule has 0 aliphatic carbocycles. The second-order valence-electron chi connectivity index (χ2n) is 4.53. The van der Waals surface area contributed by atoms with Gasteiger partial charge in [-0.3, -0.25) is 9.63 Å². The Morgan fingerprint density at radius 3 is 2.12 bits per heavy atom. The number of hydroxylamine groups is 2. The molecule has 0 heterocycles. The summed E-state index contributed by atoms with van der Waals surface area (Å²) < 4.78 is 20.4. The maximum atomic E-state index is 11.6. The van der Waals surface area contributed by atoms with Crippen LogP contribution in [0.15, 0.2) is 12.1 Å². The van der Waals surface area contributed by atoms with Gasteiger partial charge < -0.3 is 18.9 Å². The summed E-state index contributed by atoms with van der Waals surface area (Å²) in [6.07, 6.45) is 0. The molecule has 8 heteroatoms. The molecule has 0 spiro atoms. The van der Waals surface area contributed by atoms with Crippen LogP contribution >= 0.6 is 0 Å². The number of esters is 1. The molecule has 0 aliphatic rings. The summed E-state index contributed by atoms with van der Waals surface area (Å²) in [6.45, 7) is -0.272. The summed E-state index contributed by atoms with van der Waals surface area (Å²) in [7, 11) is 7.18. The fraction of sp³-hybridized carbons (Fsp3) is 0.333. The summed E-state index contributed by atoms with van der Waals surface area (Å²) in [4.78, 5) is 27.6. The molecule has 0 radical (unpaired) electrons. The Morgan fingerprint density at radius 1 is 1.00 bits per heavy atom. The maximum absolute atomic E-state index is 11.6. The number of amides is 1. The molecular weight excluding hydrogens is 342 g/mol. The monoisotopic (exact) mass is 361 g/mol. The van der Waals surface area contributed by atoms with E-state index >= 15 is 0 Å². The molecule has 1 aromatic rings. The number of nitrogens with zero attached hydrogens (tertiary/aromatic N) is 1. The van der Waals surface area contributed by atoms with E-state index in [9.17, 15) is 9.59 Å². The maximum Gasteiger partial charge on any atom is 0.385 e. The Labute approximate surface area is 151 Å². The smallest absolute Gasteiger partial charge is 0.385 e. The highest BCUT2D eigenvalue weighted by Gasteiger charge is 2.12. The third kappa shape index (κ3) is 5.93. The van der Waals surface area contributed by atoms with E-state index in [-0.39, 0.29) is 6.61 Å². The molecule has 0 aliphatic heterocycles. The van der Waals surface area contributed by atoms with Crippen LogP contribution in [0.2, 0.25) is 0 Å². The molecule has 1 amide bonds. The van der Waals surface area contributed by atoms with E-state index in [2.05, 4.69) is 28.5 Å². The Balaban J connectivity index is 2.76. The quantitative estimate of drug-likeness (QED) is 0.432. The molecule has 0 bridgehead atoms. The number of carbonyl (C=O) groups excluding carboxylic acids is 2. The molecular formula is C18H19NO7. The van der Waals surface area contributed by atoms with Gasteiger partial charge in [-0.05, 0) is 12.1 Å². The molecule has 1 rings (SSSR count). The van der Waals surface area contributed by atoms with Crippen LogP contribution in [0.3, 0.4) is 0 Å². The molecule has 0 atom stereocenters. The van der Waals surface area contributed by atoms with E-state index in [0.717, 1.165) is 5.06 Å². The fourth-order valence-electron chi connectivity index (χ4n) is 1.69. The molecule has 0 unspecified atom stereocenters. The summed E-state index contributed by atoms with van der Waals surface area (Å²) >= 11 is 0. The molecule has 0 saturated carbocycles. The van der Waals surface area contributed by atoms with E-state index in [1.54, 1.807) is 12.1 Å². The van der Waals surface area contributed by atoms with Gasteiger partial charge in [-0.2, -0.15) is 0 Å². The van der Waals surface area contributed by atoms with Crippen molar-refractivity contribution >= 4 is 11.9 Å². The number of carbonyl (C=O) groups is 2. The lowest BCUT2D eigenvalue weighted by Gasteiger charge is -2.12. The van der Waals surface area contributed by atoms with Crippen LogP contribution in [0.5, 0.6) is 17.2 Å². The molecule has 0 aromatic heterocycles. The summed E-state index contributed by atoms with van der Waals surface area (Å²) in [5.74, 6) is 9.48. The number of ether oxygens (including phenoxy) is 4. The van der Waals surface area contributed by atoms with Crippen molar-refractivity contribution in [1.82, 2.24) is 5.06 Å². The van der Waals surface area contributed by atoms with Gasteiger partial charge in [0.2, 0.25) is 5.75 Å². The van der Waals surface area contributed by atoms with Gasteiger partial charge in [-0.15, -0.1) is 0 Å². The zero-order valence-electron chi connectivity index (χ0n) is 15.2. The van der Waals surface area contributed by atoms with Crippen molar-refractivity contribution in [3.8, 4) is 40.9 Å². The van der Waals surface area contributed by atoms with Crippen LogP contribution in [0.4, 0.5) is 0 Å². The average molecular weight is 361 g/mol. The second kappa shape index (κ2) is 10.5. The Bertz CT molecular complexity index is 755. The van der Waals surface area contributed by atoms with Crippen LogP contribution in [0, 0.1) is 23.7 Å². The van der Waals surface area contributed by atoms with Crippen molar-refractivity contribution in [2.24, 2.45) is 0 Å². The highest BCUT2D eigenvalue weighted by molar-refractivity contribution is 5.93. The third-order valence-corrected chi connectivity index (χ3v) is 3.00. The Morgan fingerprint density at radius 2 is 1.62 bits per heavy atom. The van der Waals surface area contributed by atoms with Crippen LogP contribution < -0.4 is 14.2 Å². The molecule has 1 aromatic carbocycles. The number of benzene rings is 1. The average Bonchev–Trinajstić information content (AvgIpc) is 2.67. The van der Waals surface area contributed by atoms with Crippen molar-refractivity contribution in [2.45, 2.75) is 0 Å². The SMILES string of the molecule is COc1cc(C#CC(=O)OCC#CC(=O)N(C)OC)cc(OC)c1OC. The van der Waals surface area contributed by atoms with Gasteiger partial charge in [-0.25, -0.2) is 9.86 Å². The Hall–Kier alpha value is -3.36. The second-order valence-corrected chi connectivity index (χ2v) is 4.53. The Kier molecular flexibility index (Phi) is 8.35. The standard InChI is InChI=1S/C18H19NO7/c1-19(25-5)16(20)7-6-10-26-17(21)9-8-13-11-14(22-2)18(24-4)15(12-13)23-3/h11-12H,10H2,1-5H3. The van der Waals surface area contributed by atoms with E-state index in [1.165, 1.54) is 35.5 Å². The van der Waals surface area contributed by atoms with Gasteiger partial charge in [0.05, 0.1) is 28.4 Å². The molecule has 0 N–H and O–H groups in total. The molecule has 0 saturated heterocycles. The zero-order valence-corrected chi connectivity index (χ0v) is 15.2. The van der Waals surface area contributed by atoms with E-state index < -0.39 is 11.9 Å². The number of methoxy groups -OCH3 is 3. The van der Waals surface area contributed by atoms with E-state index in [4.69, 9.17) is 18.9 Å². The minimum Gasteiger partial charge on any atom is -0.493 e. The largest absolute Gasteiger partial charge is 0.493 e. The predicted octanol–water partition coefficient (Wildman–Crippen LogP) is 0.630. The predicted molar refractivity (Wildman–Crippen MR) is 91.5 cm³/mol. The summed E-state index contributed by atoms with van der Waals surface area (Å²) in [5.41, 5.74) is 0.472. The first-order valence-electron chi connectivity index (χ1n) is 7.26. The van der Waals surface area contributed by atoms with Crippen molar-refractivity contribution in [2.75, 3.05) is 42.1 Å². The van der Waals surface area contributed by atoms with Crippen LogP contribution in [0.1, 0.15) is 5.56 Å². The van der Waals surface area contributed by atoms with Crippen molar-refractivity contribution < 1.29 is 33.4 Å². The summed E-state index contributed by atoms with van der Waals surface area (Å²) in [5, 5.41) is 0.944. The lowest BCUT2D eigenvalue weighted by atomic mass is 10.2. The van der Waals surface area contributed by atoms with Gasteiger partial charge in [0.25, 0.3) is 0 Å². The highest BCUT2D eigenvalue weighted by Crippen LogP contribution is 2.37. The molecule has 138 valence electrons. The normalized spacial score (nSPS) is 8.96. The third-order valence-electron chi connectivity index (χ3n) is 3.00. The zero-order chi connectivity index (χ0) is 19.5. The topological polar surface area (TPSA) is 83.5 Å². The highest BCUT2D eigenvalue weighted by atomic mass is 16.7.